The highest BCUT2D eigenvalue weighted by atomic mass is 19.1. The average Bonchev–Trinajstić information content (AvgIpc) is 2.25. The molecule has 0 radical (unpaired) electrons. The molecule has 1 aromatic heterocycles. The van der Waals surface area contributed by atoms with E-state index in [1.165, 1.54) is 17.2 Å². The molecule has 0 saturated carbocycles. The summed E-state index contributed by atoms with van der Waals surface area (Å²) in [6, 6.07) is 1.17. The molecule has 7 heteroatoms. The molecule has 0 amide bonds. The number of anilines is 1. The molecule has 0 spiro atoms. The van der Waals surface area contributed by atoms with Crippen LogP contribution in [0.2, 0.25) is 0 Å². The molecule has 0 unspecified atom stereocenters. The topological polar surface area (TPSA) is 65.8 Å². The average molecular weight is 284 g/mol. The first-order chi connectivity index (χ1) is 8.95. The Morgan fingerprint density at radius 2 is 1.85 bits per heavy atom. The zero-order valence-electron chi connectivity index (χ0n) is 12.8. The predicted octanol–water partition coefficient (Wildman–Crippen LogP) is 0.540. The number of nitrogens with zero attached hydrogens (tertiary/aromatic N) is 2. The van der Waals surface area contributed by atoms with E-state index in [2.05, 4.69) is 4.98 Å². The van der Waals surface area contributed by atoms with Gasteiger partial charge in [-0.05, 0) is 33.8 Å². The Morgan fingerprint density at radius 3 is 2.25 bits per heavy atom. The molecule has 20 heavy (non-hydrogen) atoms. The fourth-order valence-electron chi connectivity index (χ4n) is 1.40. The van der Waals surface area contributed by atoms with E-state index < -0.39 is 24.1 Å². The van der Waals surface area contributed by atoms with Crippen molar-refractivity contribution in [2.75, 3.05) is 19.0 Å². The zero-order chi connectivity index (χ0) is 15.7. The second kappa shape index (κ2) is 5.67. The maximum Gasteiger partial charge on any atom is 0.493 e. The van der Waals surface area contributed by atoms with Gasteiger partial charge in [0.15, 0.2) is 11.6 Å². The maximum absolute atomic E-state index is 13.8. The number of aliphatic hydroxyl groups is 1. The Bertz CT molecular complexity index is 475. The van der Waals surface area contributed by atoms with Crippen molar-refractivity contribution in [3.8, 4) is 0 Å². The van der Waals surface area contributed by atoms with Crippen LogP contribution < -0.4 is 10.4 Å². The molecule has 0 bridgehead atoms. The first-order valence-electron chi connectivity index (χ1n) is 6.37. The standard InChI is InChI=1S/C13H22BFN2O3/c1-12(2,18)13(3,4)20-14(19)9-7-10(15)11(16-8-9)17(5)6/h7-8,18-19H,1-6H3. The summed E-state index contributed by atoms with van der Waals surface area (Å²) in [6.07, 6.45) is 1.35. The highest BCUT2D eigenvalue weighted by Gasteiger charge is 2.39. The first kappa shape index (κ1) is 16.9. The van der Waals surface area contributed by atoms with E-state index in [1.54, 1.807) is 41.8 Å². The largest absolute Gasteiger partial charge is 0.493 e. The van der Waals surface area contributed by atoms with Gasteiger partial charge in [0.2, 0.25) is 0 Å². The van der Waals surface area contributed by atoms with Gasteiger partial charge in [0.05, 0.1) is 11.2 Å². The molecule has 1 aromatic rings. The van der Waals surface area contributed by atoms with Crippen LogP contribution >= 0.6 is 0 Å². The highest BCUT2D eigenvalue weighted by Crippen LogP contribution is 2.25. The van der Waals surface area contributed by atoms with Gasteiger partial charge in [0.1, 0.15) is 0 Å². The number of rotatable bonds is 5. The Hall–Kier alpha value is -1.18. The molecular weight excluding hydrogens is 262 g/mol. The SMILES string of the molecule is CN(C)c1ncc(B(O)OC(C)(C)C(C)(C)O)cc1F. The van der Waals surface area contributed by atoms with Crippen molar-refractivity contribution >= 4 is 18.4 Å². The minimum absolute atomic E-state index is 0.183. The third kappa shape index (κ3) is 3.68. The molecular formula is C13H22BFN2O3. The van der Waals surface area contributed by atoms with Crippen LogP contribution in [0, 0.1) is 5.82 Å². The number of halogens is 1. The van der Waals surface area contributed by atoms with Crippen LogP contribution in [0.15, 0.2) is 12.3 Å². The van der Waals surface area contributed by atoms with E-state index >= 15 is 0 Å². The van der Waals surface area contributed by atoms with Gasteiger partial charge in [-0.2, -0.15) is 0 Å². The van der Waals surface area contributed by atoms with Crippen LogP contribution in [-0.4, -0.2) is 47.5 Å². The molecule has 0 aliphatic rings. The van der Waals surface area contributed by atoms with Crippen LogP contribution in [0.3, 0.4) is 0 Å². The Labute approximate surface area is 119 Å². The number of hydrogen-bond donors (Lipinski definition) is 2. The molecule has 5 nitrogen and oxygen atoms in total. The molecule has 0 saturated heterocycles. The Balaban J connectivity index is 2.94. The number of aromatic nitrogens is 1. The predicted molar refractivity (Wildman–Crippen MR) is 77.6 cm³/mol. The summed E-state index contributed by atoms with van der Waals surface area (Å²) in [7, 11) is 1.99. The van der Waals surface area contributed by atoms with Gasteiger partial charge in [0.25, 0.3) is 0 Å². The van der Waals surface area contributed by atoms with Crippen LogP contribution in [0.4, 0.5) is 10.2 Å². The number of hydrogen-bond acceptors (Lipinski definition) is 5. The van der Waals surface area contributed by atoms with Gasteiger partial charge < -0.3 is 19.7 Å². The van der Waals surface area contributed by atoms with Crippen molar-refractivity contribution in [1.82, 2.24) is 4.98 Å². The van der Waals surface area contributed by atoms with Gasteiger partial charge in [-0.1, -0.05) is 0 Å². The van der Waals surface area contributed by atoms with Crippen molar-refractivity contribution in [2.45, 2.75) is 38.9 Å². The van der Waals surface area contributed by atoms with E-state index in [4.69, 9.17) is 4.65 Å². The van der Waals surface area contributed by atoms with Crippen molar-refractivity contribution < 1.29 is 19.2 Å². The second-order valence-electron chi connectivity index (χ2n) is 6.01. The summed E-state index contributed by atoms with van der Waals surface area (Å²) in [5, 5.41) is 20.0. The molecule has 0 aliphatic heterocycles. The molecule has 112 valence electrons. The van der Waals surface area contributed by atoms with Crippen molar-refractivity contribution in [3.05, 3.63) is 18.1 Å². The van der Waals surface area contributed by atoms with E-state index in [-0.39, 0.29) is 11.3 Å². The van der Waals surface area contributed by atoms with Gasteiger partial charge >= 0.3 is 7.12 Å². The lowest BCUT2D eigenvalue weighted by Gasteiger charge is -2.38. The minimum Gasteiger partial charge on any atom is -0.423 e. The first-order valence-corrected chi connectivity index (χ1v) is 6.37. The Kier molecular flexibility index (Phi) is 4.79. The summed E-state index contributed by atoms with van der Waals surface area (Å²) in [5.41, 5.74) is -1.97. The lowest BCUT2D eigenvalue weighted by atomic mass is 9.77. The molecule has 1 rings (SSSR count). The molecule has 2 N–H and O–H groups in total. The summed E-state index contributed by atoms with van der Waals surface area (Å²) < 4.78 is 19.2. The highest BCUT2D eigenvalue weighted by molar-refractivity contribution is 6.60. The zero-order valence-corrected chi connectivity index (χ0v) is 12.8. The molecule has 1 heterocycles. The van der Waals surface area contributed by atoms with Crippen molar-refractivity contribution in [1.29, 1.82) is 0 Å². The van der Waals surface area contributed by atoms with E-state index in [0.717, 1.165) is 0 Å². The fourth-order valence-corrected chi connectivity index (χ4v) is 1.40. The summed E-state index contributed by atoms with van der Waals surface area (Å²) in [6.45, 7) is 6.45. The second-order valence-corrected chi connectivity index (χ2v) is 6.01. The fraction of sp³-hybridized carbons (Fsp3) is 0.615. The van der Waals surface area contributed by atoms with Gasteiger partial charge in [-0.3, -0.25) is 0 Å². The monoisotopic (exact) mass is 284 g/mol. The quantitative estimate of drug-likeness (QED) is 0.773. The minimum atomic E-state index is -1.37. The van der Waals surface area contributed by atoms with E-state index in [1.807, 2.05) is 0 Å². The molecule has 0 atom stereocenters. The summed E-state index contributed by atoms with van der Waals surface area (Å²) in [5.74, 6) is -0.362. The van der Waals surface area contributed by atoms with E-state index in [0.29, 0.717) is 0 Å². The van der Waals surface area contributed by atoms with Gasteiger partial charge in [-0.25, -0.2) is 9.37 Å². The van der Waals surface area contributed by atoms with Crippen molar-refractivity contribution in [2.24, 2.45) is 0 Å². The molecule has 0 aromatic carbocycles. The smallest absolute Gasteiger partial charge is 0.423 e. The van der Waals surface area contributed by atoms with E-state index in [9.17, 15) is 14.5 Å². The lowest BCUT2D eigenvalue weighted by Crippen LogP contribution is -2.53. The summed E-state index contributed by atoms with van der Waals surface area (Å²) in [4.78, 5) is 5.47. The van der Waals surface area contributed by atoms with Crippen LogP contribution in [0.1, 0.15) is 27.7 Å². The van der Waals surface area contributed by atoms with Crippen LogP contribution in [0.25, 0.3) is 0 Å². The van der Waals surface area contributed by atoms with Crippen LogP contribution in [-0.2, 0) is 4.65 Å². The Morgan fingerprint density at radius 1 is 1.30 bits per heavy atom. The third-order valence-electron chi connectivity index (χ3n) is 3.43. The van der Waals surface area contributed by atoms with Crippen molar-refractivity contribution in [3.63, 3.8) is 0 Å². The molecule has 0 fully saturated rings. The number of pyridine rings is 1. The lowest BCUT2D eigenvalue weighted by molar-refractivity contribution is -0.0982. The van der Waals surface area contributed by atoms with Gasteiger partial charge in [0, 0.05) is 25.8 Å². The normalized spacial score (nSPS) is 12.4. The van der Waals surface area contributed by atoms with Gasteiger partial charge in [-0.15, -0.1) is 0 Å². The third-order valence-corrected chi connectivity index (χ3v) is 3.43. The molecule has 0 aliphatic carbocycles. The van der Waals surface area contributed by atoms with Crippen LogP contribution in [0.5, 0.6) is 0 Å². The maximum atomic E-state index is 13.8. The summed E-state index contributed by atoms with van der Waals surface area (Å²) >= 11 is 0.